The molecule has 1 saturated heterocycles. The van der Waals surface area contributed by atoms with E-state index < -0.39 is 0 Å². The maximum atomic E-state index is 4.13. The van der Waals surface area contributed by atoms with Crippen LogP contribution in [0, 0.1) is 0 Å². The van der Waals surface area contributed by atoms with Crippen LogP contribution in [0.3, 0.4) is 0 Å². The van der Waals surface area contributed by atoms with E-state index >= 15 is 0 Å². The van der Waals surface area contributed by atoms with Crippen LogP contribution >= 0.6 is 0 Å². The number of pyridine rings is 1. The molecule has 0 bridgehead atoms. The van der Waals surface area contributed by atoms with Crippen molar-refractivity contribution in [2.24, 2.45) is 7.05 Å². The Bertz CT molecular complexity index is 575. The summed E-state index contributed by atoms with van der Waals surface area (Å²) >= 11 is 0. The van der Waals surface area contributed by atoms with Crippen molar-refractivity contribution in [1.29, 1.82) is 0 Å². The van der Waals surface area contributed by atoms with Crippen LogP contribution in [-0.2, 0) is 13.5 Å². The molecule has 0 aliphatic carbocycles. The molecular weight excluding hydrogens is 278 g/mol. The van der Waals surface area contributed by atoms with Crippen molar-refractivity contribution in [3.8, 4) is 0 Å². The topological polar surface area (TPSA) is 63.0 Å². The Balaban J connectivity index is 1.47. The van der Waals surface area contributed by atoms with E-state index in [1.807, 2.05) is 19.4 Å². The van der Waals surface area contributed by atoms with Gasteiger partial charge in [-0.1, -0.05) is 0 Å². The fraction of sp³-hybridized carbons (Fsp3) is 0.600. The molecule has 0 amide bonds. The molecule has 3 rings (SSSR count). The van der Waals surface area contributed by atoms with E-state index in [4.69, 9.17) is 0 Å². The zero-order chi connectivity index (χ0) is 15.4. The van der Waals surface area contributed by atoms with E-state index in [2.05, 4.69) is 49.4 Å². The Morgan fingerprint density at radius 3 is 2.50 bits per heavy atom. The highest BCUT2D eigenvalue weighted by Gasteiger charge is 2.24. The van der Waals surface area contributed by atoms with Gasteiger partial charge in [0, 0.05) is 52.2 Å². The van der Waals surface area contributed by atoms with Gasteiger partial charge in [-0.15, -0.1) is 5.10 Å². The quantitative estimate of drug-likeness (QED) is 0.802. The summed E-state index contributed by atoms with van der Waals surface area (Å²) in [6.07, 6.45) is 4.82. The van der Waals surface area contributed by atoms with Gasteiger partial charge < -0.3 is 4.90 Å². The molecule has 7 heteroatoms. The normalized spacial score (nSPS) is 18.5. The molecule has 1 fully saturated rings. The van der Waals surface area contributed by atoms with Crippen LogP contribution in [0.4, 0.5) is 0 Å². The molecule has 1 atom stereocenters. The number of tetrazole rings is 1. The van der Waals surface area contributed by atoms with E-state index in [9.17, 15) is 0 Å². The van der Waals surface area contributed by atoms with Crippen molar-refractivity contribution in [3.05, 3.63) is 35.9 Å². The van der Waals surface area contributed by atoms with E-state index in [1.165, 1.54) is 5.56 Å². The number of hydrogen-bond donors (Lipinski definition) is 0. The minimum absolute atomic E-state index is 0.266. The molecule has 1 aliphatic heterocycles. The zero-order valence-electron chi connectivity index (χ0n) is 13.3. The summed E-state index contributed by atoms with van der Waals surface area (Å²) in [7, 11) is 1.90. The summed E-state index contributed by atoms with van der Waals surface area (Å²) in [5.41, 5.74) is 1.36. The Morgan fingerprint density at radius 1 is 1.14 bits per heavy atom. The average Bonchev–Trinajstić information content (AvgIpc) is 3.00. The molecule has 0 spiro atoms. The molecule has 1 unspecified atom stereocenters. The Kier molecular flexibility index (Phi) is 4.74. The molecular formula is C15H23N7. The van der Waals surface area contributed by atoms with Gasteiger partial charge in [-0.05, 0) is 41.5 Å². The standard InChI is InChI=1S/C15H23N7/c1-13(15-17-18-19-20(15)2)22-11-9-21(10-12-22)8-5-14-3-6-16-7-4-14/h3-4,6-7,13H,5,8-12H2,1-2H3. The van der Waals surface area contributed by atoms with Gasteiger partial charge in [-0.3, -0.25) is 9.88 Å². The summed E-state index contributed by atoms with van der Waals surface area (Å²) in [5, 5.41) is 11.8. The fourth-order valence-corrected chi connectivity index (χ4v) is 2.96. The largest absolute Gasteiger partial charge is 0.300 e. The number of nitrogens with zero attached hydrogens (tertiary/aromatic N) is 7. The first-order chi connectivity index (χ1) is 10.7. The van der Waals surface area contributed by atoms with Gasteiger partial charge in [-0.25, -0.2) is 4.68 Å². The van der Waals surface area contributed by atoms with Crippen LogP contribution in [0.1, 0.15) is 24.4 Å². The molecule has 2 aromatic rings. The van der Waals surface area contributed by atoms with Crippen LogP contribution in [0.2, 0.25) is 0 Å². The van der Waals surface area contributed by atoms with Gasteiger partial charge in [-0.2, -0.15) is 0 Å². The monoisotopic (exact) mass is 301 g/mol. The van der Waals surface area contributed by atoms with E-state index in [0.29, 0.717) is 0 Å². The molecule has 22 heavy (non-hydrogen) atoms. The highest BCUT2D eigenvalue weighted by Crippen LogP contribution is 2.18. The fourth-order valence-electron chi connectivity index (χ4n) is 2.96. The van der Waals surface area contributed by atoms with Gasteiger partial charge in [0.2, 0.25) is 0 Å². The first-order valence-electron chi connectivity index (χ1n) is 7.81. The SMILES string of the molecule is CC(c1nnnn1C)N1CCN(CCc2ccncc2)CC1. The smallest absolute Gasteiger partial charge is 0.167 e. The van der Waals surface area contributed by atoms with Crippen molar-refractivity contribution < 1.29 is 0 Å². The van der Waals surface area contributed by atoms with Crippen LogP contribution in [0.25, 0.3) is 0 Å². The lowest BCUT2D eigenvalue weighted by atomic mass is 10.1. The lowest BCUT2D eigenvalue weighted by molar-refractivity contribution is 0.0983. The predicted octanol–water partition coefficient (Wildman–Crippen LogP) is 0.526. The number of aromatic nitrogens is 5. The van der Waals surface area contributed by atoms with Gasteiger partial charge in [0.05, 0.1) is 6.04 Å². The van der Waals surface area contributed by atoms with Crippen LogP contribution < -0.4 is 0 Å². The lowest BCUT2D eigenvalue weighted by Gasteiger charge is -2.37. The minimum atomic E-state index is 0.266. The van der Waals surface area contributed by atoms with E-state index in [1.54, 1.807) is 4.68 Å². The van der Waals surface area contributed by atoms with Crippen molar-refractivity contribution in [2.45, 2.75) is 19.4 Å². The summed E-state index contributed by atoms with van der Waals surface area (Å²) in [6.45, 7) is 7.60. The van der Waals surface area contributed by atoms with Crippen LogP contribution in [0.15, 0.2) is 24.5 Å². The summed E-state index contributed by atoms with van der Waals surface area (Å²) < 4.78 is 1.76. The van der Waals surface area contributed by atoms with Crippen LogP contribution in [0.5, 0.6) is 0 Å². The van der Waals surface area contributed by atoms with E-state index in [-0.39, 0.29) is 6.04 Å². The first kappa shape index (κ1) is 15.1. The molecule has 118 valence electrons. The van der Waals surface area contributed by atoms with Gasteiger partial charge in [0.1, 0.15) is 0 Å². The van der Waals surface area contributed by atoms with Crippen molar-refractivity contribution in [2.75, 3.05) is 32.7 Å². The number of piperazine rings is 1. The maximum absolute atomic E-state index is 4.13. The van der Waals surface area contributed by atoms with Crippen molar-refractivity contribution in [1.82, 2.24) is 35.0 Å². The second-order valence-electron chi connectivity index (χ2n) is 5.82. The van der Waals surface area contributed by atoms with Gasteiger partial charge >= 0.3 is 0 Å². The van der Waals surface area contributed by atoms with E-state index in [0.717, 1.165) is 45.0 Å². The molecule has 0 aromatic carbocycles. The molecule has 0 saturated carbocycles. The zero-order valence-corrected chi connectivity index (χ0v) is 13.3. The third-order valence-electron chi connectivity index (χ3n) is 4.45. The first-order valence-corrected chi connectivity index (χ1v) is 7.81. The Hall–Kier alpha value is -1.86. The molecule has 3 heterocycles. The Labute approximate surface area is 130 Å². The lowest BCUT2D eigenvalue weighted by Crippen LogP contribution is -2.47. The highest BCUT2D eigenvalue weighted by molar-refractivity contribution is 5.10. The summed E-state index contributed by atoms with van der Waals surface area (Å²) in [4.78, 5) is 9.04. The average molecular weight is 301 g/mol. The third kappa shape index (κ3) is 3.48. The Morgan fingerprint density at radius 2 is 1.86 bits per heavy atom. The van der Waals surface area contributed by atoms with Crippen molar-refractivity contribution >= 4 is 0 Å². The second kappa shape index (κ2) is 6.93. The summed E-state index contributed by atoms with van der Waals surface area (Å²) in [6, 6.07) is 4.46. The molecule has 0 N–H and O–H groups in total. The maximum Gasteiger partial charge on any atom is 0.167 e. The number of rotatable bonds is 5. The van der Waals surface area contributed by atoms with Crippen LogP contribution in [-0.4, -0.2) is 67.7 Å². The predicted molar refractivity (Wildman–Crippen MR) is 83.2 cm³/mol. The second-order valence-corrected chi connectivity index (χ2v) is 5.82. The molecule has 2 aromatic heterocycles. The molecule has 0 radical (unpaired) electrons. The van der Waals surface area contributed by atoms with Gasteiger partial charge in [0.25, 0.3) is 0 Å². The molecule has 1 aliphatic rings. The summed E-state index contributed by atoms with van der Waals surface area (Å²) in [5.74, 6) is 0.935. The molecule has 7 nitrogen and oxygen atoms in total. The third-order valence-corrected chi connectivity index (χ3v) is 4.45. The minimum Gasteiger partial charge on any atom is -0.300 e. The number of hydrogen-bond acceptors (Lipinski definition) is 6. The van der Waals surface area contributed by atoms with Gasteiger partial charge in [0.15, 0.2) is 5.82 Å². The van der Waals surface area contributed by atoms with Crippen molar-refractivity contribution in [3.63, 3.8) is 0 Å². The number of aryl methyl sites for hydroxylation is 1. The highest BCUT2D eigenvalue weighted by atomic mass is 15.5.